The molecule has 0 spiro atoms. The molecule has 0 aliphatic rings. The molecule has 0 saturated heterocycles. The number of ether oxygens (including phenoxy) is 3. The minimum absolute atomic E-state index is 0.234. The standard InChI is InChI=1S/C18H19N3O4S2/c1-23-13-6-10(7-14(24-2)16(13)25-3)17(22)20-8-11-4-5-15(27-11)12-9-26-18(19)21-12/h4-7,9H,8H2,1-3H3,(H2,19,21)(H,20,22). The number of aromatic nitrogens is 1. The van der Waals surface area contributed by atoms with Crippen LogP contribution in [0, 0.1) is 0 Å². The summed E-state index contributed by atoms with van der Waals surface area (Å²) in [5.74, 6) is 1.08. The molecule has 0 radical (unpaired) electrons. The van der Waals surface area contributed by atoms with Crippen molar-refractivity contribution in [1.82, 2.24) is 10.3 Å². The molecule has 1 aromatic carbocycles. The largest absolute Gasteiger partial charge is 0.493 e. The van der Waals surface area contributed by atoms with Crippen LogP contribution in [0.1, 0.15) is 15.2 Å². The van der Waals surface area contributed by atoms with Crippen LogP contribution in [0.2, 0.25) is 0 Å². The van der Waals surface area contributed by atoms with Gasteiger partial charge in [-0.15, -0.1) is 22.7 Å². The minimum Gasteiger partial charge on any atom is -0.493 e. The lowest BCUT2D eigenvalue weighted by atomic mass is 10.1. The van der Waals surface area contributed by atoms with Crippen molar-refractivity contribution in [3.05, 3.63) is 40.1 Å². The van der Waals surface area contributed by atoms with Crippen molar-refractivity contribution in [3.8, 4) is 27.8 Å². The molecule has 0 aliphatic carbocycles. The number of anilines is 1. The summed E-state index contributed by atoms with van der Waals surface area (Å²) < 4.78 is 15.8. The number of nitrogens with one attached hydrogen (secondary N) is 1. The van der Waals surface area contributed by atoms with Crippen molar-refractivity contribution in [1.29, 1.82) is 0 Å². The normalized spacial score (nSPS) is 10.5. The molecule has 2 heterocycles. The van der Waals surface area contributed by atoms with Crippen LogP contribution < -0.4 is 25.3 Å². The van der Waals surface area contributed by atoms with E-state index in [0.29, 0.717) is 34.5 Å². The average molecular weight is 406 g/mol. The Hall–Kier alpha value is -2.78. The number of carbonyl (C=O) groups excluding carboxylic acids is 1. The van der Waals surface area contributed by atoms with E-state index in [1.54, 1.807) is 23.5 Å². The van der Waals surface area contributed by atoms with Crippen molar-refractivity contribution in [2.75, 3.05) is 27.1 Å². The van der Waals surface area contributed by atoms with Crippen molar-refractivity contribution >= 4 is 33.7 Å². The lowest BCUT2D eigenvalue weighted by Gasteiger charge is -2.14. The van der Waals surface area contributed by atoms with E-state index >= 15 is 0 Å². The molecular weight excluding hydrogens is 386 g/mol. The molecule has 3 rings (SSSR count). The maximum atomic E-state index is 12.5. The maximum Gasteiger partial charge on any atom is 0.251 e. The third kappa shape index (κ3) is 4.15. The van der Waals surface area contributed by atoms with Gasteiger partial charge in [-0.05, 0) is 24.3 Å². The molecular formula is C18H19N3O4S2. The van der Waals surface area contributed by atoms with Gasteiger partial charge in [-0.1, -0.05) is 0 Å². The molecule has 9 heteroatoms. The molecule has 0 fully saturated rings. The molecule has 142 valence electrons. The number of methoxy groups -OCH3 is 3. The molecule has 27 heavy (non-hydrogen) atoms. The number of thiazole rings is 1. The van der Waals surface area contributed by atoms with Crippen LogP contribution in [0.3, 0.4) is 0 Å². The Morgan fingerprint density at radius 3 is 2.41 bits per heavy atom. The van der Waals surface area contributed by atoms with Crippen LogP contribution in [0.4, 0.5) is 5.13 Å². The number of amides is 1. The first kappa shape index (κ1) is 19.0. The zero-order chi connectivity index (χ0) is 19.4. The van der Waals surface area contributed by atoms with Crippen LogP contribution in [0.5, 0.6) is 17.2 Å². The highest BCUT2D eigenvalue weighted by molar-refractivity contribution is 7.16. The molecule has 7 nitrogen and oxygen atoms in total. The summed E-state index contributed by atoms with van der Waals surface area (Å²) in [5.41, 5.74) is 6.96. The second-order valence-corrected chi connectivity index (χ2v) is 7.49. The van der Waals surface area contributed by atoms with E-state index in [9.17, 15) is 4.79 Å². The van der Waals surface area contributed by atoms with E-state index in [2.05, 4.69) is 10.3 Å². The number of nitrogens with two attached hydrogens (primary N) is 1. The van der Waals surface area contributed by atoms with Gasteiger partial charge in [0.25, 0.3) is 5.91 Å². The highest BCUT2D eigenvalue weighted by Gasteiger charge is 2.17. The summed E-state index contributed by atoms with van der Waals surface area (Å²) >= 11 is 2.97. The first-order valence-corrected chi connectivity index (χ1v) is 9.63. The smallest absolute Gasteiger partial charge is 0.251 e. The molecule has 1 amide bonds. The zero-order valence-corrected chi connectivity index (χ0v) is 16.7. The SMILES string of the molecule is COc1cc(C(=O)NCc2ccc(-c3csc(N)n3)s2)cc(OC)c1OC. The number of carbonyl (C=O) groups is 1. The van der Waals surface area contributed by atoms with Gasteiger partial charge >= 0.3 is 0 Å². The number of nitrogens with zero attached hydrogens (tertiary/aromatic N) is 1. The Balaban J connectivity index is 1.72. The molecule has 0 bridgehead atoms. The molecule has 0 saturated carbocycles. The predicted octanol–water partition coefficient (Wildman–Crippen LogP) is 3.41. The Kier molecular flexibility index (Phi) is 5.82. The quantitative estimate of drug-likeness (QED) is 0.625. The van der Waals surface area contributed by atoms with Crippen LogP contribution in [0.15, 0.2) is 29.6 Å². The van der Waals surface area contributed by atoms with Gasteiger partial charge in [0, 0.05) is 15.8 Å². The highest BCUT2D eigenvalue weighted by Crippen LogP contribution is 2.38. The number of thiophene rings is 1. The summed E-state index contributed by atoms with van der Waals surface area (Å²) in [6.07, 6.45) is 0. The number of nitrogen functional groups attached to an aromatic ring is 1. The number of hydrogen-bond acceptors (Lipinski definition) is 8. The van der Waals surface area contributed by atoms with Crippen LogP contribution in [0.25, 0.3) is 10.6 Å². The predicted molar refractivity (Wildman–Crippen MR) is 107 cm³/mol. The van der Waals surface area contributed by atoms with Crippen molar-refractivity contribution < 1.29 is 19.0 Å². The summed E-state index contributed by atoms with van der Waals surface area (Å²) in [4.78, 5) is 18.8. The number of benzene rings is 1. The fourth-order valence-electron chi connectivity index (χ4n) is 2.49. The first-order chi connectivity index (χ1) is 13.0. The summed E-state index contributed by atoms with van der Waals surface area (Å²) in [7, 11) is 4.54. The third-order valence-electron chi connectivity index (χ3n) is 3.79. The van der Waals surface area contributed by atoms with E-state index in [1.807, 2.05) is 17.5 Å². The zero-order valence-electron chi connectivity index (χ0n) is 15.1. The molecule has 0 atom stereocenters. The topological polar surface area (TPSA) is 95.7 Å². The van der Waals surface area contributed by atoms with Gasteiger partial charge < -0.3 is 25.3 Å². The van der Waals surface area contributed by atoms with E-state index in [0.717, 1.165) is 15.4 Å². The summed E-state index contributed by atoms with van der Waals surface area (Å²) in [6, 6.07) is 7.17. The fourth-order valence-corrected chi connectivity index (χ4v) is 4.04. The third-order valence-corrected chi connectivity index (χ3v) is 5.57. The lowest BCUT2D eigenvalue weighted by Crippen LogP contribution is -2.22. The monoisotopic (exact) mass is 405 g/mol. The first-order valence-electron chi connectivity index (χ1n) is 7.94. The molecule has 3 aromatic rings. The van der Waals surface area contributed by atoms with Crippen molar-refractivity contribution in [3.63, 3.8) is 0 Å². The molecule has 0 unspecified atom stereocenters. The Morgan fingerprint density at radius 1 is 1.15 bits per heavy atom. The van der Waals surface area contributed by atoms with Gasteiger partial charge in [0.15, 0.2) is 16.6 Å². The molecule has 3 N–H and O–H groups in total. The average Bonchev–Trinajstić information content (AvgIpc) is 3.33. The van der Waals surface area contributed by atoms with Crippen LogP contribution in [-0.2, 0) is 6.54 Å². The fraction of sp³-hybridized carbons (Fsp3) is 0.222. The summed E-state index contributed by atoms with van der Waals surface area (Å²) in [5, 5.41) is 5.36. The Morgan fingerprint density at radius 2 is 1.85 bits per heavy atom. The van der Waals surface area contributed by atoms with Gasteiger partial charge in [-0.2, -0.15) is 0 Å². The lowest BCUT2D eigenvalue weighted by molar-refractivity contribution is 0.0950. The maximum absolute atomic E-state index is 12.5. The van der Waals surface area contributed by atoms with Gasteiger partial charge in [0.1, 0.15) is 0 Å². The highest BCUT2D eigenvalue weighted by atomic mass is 32.1. The van der Waals surface area contributed by atoms with E-state index < -0.39 is 0 Å². The van der Waals surface area contributed by atoms with Crippen LogP contribution >= 0.6 is 22.7 Å². The second-order valence-electron chi connectivity index (χ2n) is 5.43. The van der Waals surface area contributed by atoms with E-state index in [1.165, 1.54) is 32.7 Å². The summed E-state index contributed by atoms with van der Waals surface area (Å²) in [6.45, 7) is 0.403. The Bertz CT molecular complexity index is 927. The van der Waals surface area contributed by atoms with E-state index in [4.69, 9.17) is 19.9 Å². The molecule has 0 aliphatic heterocycles. The minimum atomic E-state index is -0.234. The van der Waals surface area contributed by atoms with Gasteiger partial charge in [0.05, 0.1) is 38.4 Å². The molecule has 2 aromatic heterocycles. The van der Waals surface area contributed by atoms with E-state index in [-0.39, 0.29) is 5.91 Å². The Labute approximate surface area is 164 Å². The number of rotatable bonds is 7. The van der Waals surface area contributed by atoms with Crippen molar-refractivity contribution in [2.45, 2.75) is 6.54 Å². The van der Waals surface area contributed by atoms with Gasteiger partial charge in [-0.3, -0.25) is 4.79 Å². The van der Waals surface area contributed by atoms with Gasteiger partial charge in [-0.25, -0.2) is 4.98 Å². The van der Waals surface area contributed by atoms with Crippen LogP contribution in [-0.4, -0.2) is 32.2 Å². The van der Waals surface area contributed by atoms with Gasteiger partial charge in [0.2, 0.25) is 5.75 Å². The number of hydrogen-bond donors (Lipinski definition) is 2. The second kappa shape index (κ2) is 8.28. The van der Waals surface area contributed by atoms with Crippen molar-refractivity contribution in [2.24, 2.45) is 0 Å².